The van der Waals surface area contributed by atoms with Crippen LogP contribution in [-0.4, -0.2) is 43.0 Å². The summed E-state index contributed by atoms with van der Waals surface area (Å²) < 4.78 is 7.91. The quantitative estimate of drug-likeness (QED) is 0.741. The van der Waals surface area contributed by atoms with Crippen molar-refractivity contribution < 1.29 is 9.84 Å². The third-order valence-electron chi connectivity index (χ3n) is 5.65. The average Bonchev–Trinajstić information content (AvgIpc) is 3.38. The Morgan fingerprint density at radius 3 is 2.78 bits per heavy atom. The number of hydrogen-bond donors (Lipinski definition) is 2. The van der Waals surface area contributed by atoms with Crippen LogP contribution in [-0.2, 0) is 0 Å². The van der Waals surface area contributed by atoms with Gasteiger partial charge in [0.15, 0.2) is 0 Å². The van der Waals surface area contributed by atoms with E-state index in [1.165, 1.54) is 0 Å². The molecule has 3 atom stereocenters. The van der Waals surface area contributed by atoms with Crippen LogP contribution in [0.1, 0.15) is 19.8 Å². The maximum atomic E-state index is 10.4. The fourth-order valence-corrected chi connectivity index (χ4v) is 4.26. The van der Waals surface area contributed by atoms with Crippen molar-refractivity contribution in [3.63, 3.8) is 0 Å². The van der Waals surface area contributed by atoms with Crippen molar-refractivity contribution in [3.8, 4) is 28.6 Å². The lowest BCUT2D eigenvalue weighted by atomic mass is 10.0. The predicted octanol–water partition coefficient (Wildman–Crippen LogP) is 2.55. The van der Waals surface area contributed by atoms with Gasteiger partial charge in [-0.2, -0.15) is 0 Å². The van der Waals surface area contributed by atoms with E-state index < -0.39 is 0 Å². The van der Waals surface area contributed by atoms with Gasteiger partial charge in [0.25, 0.3) is 0 Å². The minimum atomic E-state index is 0.149. The molecule has 1 saturated carbocycles. The number of ether oxygens (including phenoxy) is 1. The number of rotatable bonds is 4. The molecule has 2 aromatic heterocycles. The molecular formula is C20H21N5O2. The Kier molecular flexibility index (Phi) is 3.65. The van der Waals surface area contributed by atoms with Crippen molar-refractivity contribution in [2.45, 2.75) is 31.4 Å². The molecule has 1 aliphatic carbocycles. The van der Waals surface area contributed by atoms with Crippen LogP contribution in [0.25, 0.3) is 16.9 Å². The normalized spacial score (nSPS) is 26.4. The van der Waals surface area contributed by atoms with E-state index in [2.05, 4.69) is 27.4 Å². The molecule has 2 N–H and O–H groups in total. The highest BCUT2D eigenvalue weighted by molar-refractivity contribution is 5.68. The molecule has 2 aliphatic rings. The summed E-state index contributed by atoms with van der Waals surface area (Å²) in [6, 6.07) is 9.09. The molecule has 0 amide bonds. The van der Waals surface area contributed by atoms with Crippen LogP contribution < -0.4 is 10.1 Å². The summed E-state index contributed by atoms with van der Waals surface area (Å²) in [7, 11) is 0. The van der Waals surface area contributed by atoms with Gasteiger partial charge < -0.3 is 19.7 Å². The minimum Gasteiger partial charge on any atom is -0.507 e. The fourth-order valence-electron chi connectivity index (χ4n) is 4.26. The highest BCUT2D eigenvalue weighted by Gasteiger charge is 2.48. The van der Waals surface area contributed by atoms with Gasteiger partial charge in [-0.3, -0.25) is 0 Å². The smallest absolute Gasteiger partial charge is 0.233 e. The molecule has 2 bridgehead atoms. The number of imidazole rings is 1. The Labute approximate surface area is 157 Å². The Bertz CT molecular complexity index is 957. The first-order valence-corrected chi connectivity index (χ1v) is 9.17. The number of nitrogens with zero attached hydrogens (tertiary/aromatic N) is 4. The van der Waals surface area contributed by atoms with Crippen molar-refractivity contribution in [1.29, 1.82) is 0 Å². The Morgan fingerprint density at radius 2 is 2.15 bits per heavy atom. The third-order valence-corrected chi connectivity index (χ3v) is 5.65. The SMILES string of the molecule is C[C@]12CC(CN1)[C@@H](Oc1ccc(-c3ccc(-n4ccnc4)cc3O)nn1)C2. The standard InChI is InChI=1S/C20H21N5O2/c1-20-9-13(11-22-20)18(10-20)27-19-5-4-16(23-24-19)15-3-2-14(8-17(15)26)25-7-6-21-12-25/h2-8,12-13,18,22,26H,9-11H2,1H3/t13?,18-,20+/m0/s1. The zero-order valence-electron chi connectivity index (χ0n) is 15.0. The maximum absolute atomic E-state index is 10.4. The van der Waals surface area contributed by atoms with Crippen LogP contribution in [0.2, 0.25) is 0 Å². The highest BCUT2D eigenvalue weighted by atomic mass is 16.5. The van der Waals surface area contributed by atoms with E-state index in [1.807, 2.05) is 35.0 Å². The van der Waals surface area contributed by atoms with Gasteiger partial charge in [-0.05, 0) is 31.5 Å². The molecule has 0 spiro atoms. The topological polar surface area (TPSA) is 85.1 Å². The lowest BCUT2D eigenvalue weighted by molar-refractivity contribution is 0.128. The third kappa shape index (κ3) is 2.94. The summed E-state index contributed by atoms with van der Waals surface area (Å²) in [6.07, 6.45) is 7.55. The van der Waals surface area contributed by atoms with Crippen molar-refractivity contribution in [1.82, 2.24) is 25.1 Å². The molecule has 1 aliphatic heterocycles. The molecule has 138 valence electrons. The minimum absolute atomic E-state index is 0.149. The number of phenolic OH excluding ortho intramolecular Hbond substituents is 1. The molecule has 7 nitrogen and oxygen atoms in total. The van der Waals surface area contributed by atoms with Gasteiger partial charge in [-0.25, -0.2) is 4.98 Å². The number of aromatic nitrogens is 4. The van der Waals surface area contributed by atoms with E-state index in [9.17, 15) is 5.11 Å². The van der Waals surface area contributed by atoms with E-state index in [0.717, 1.165) is 25.1 Å². The van der Waals surface area contributed by atoms with Crippen molar-refractivity contribution in [2.75, 3.05) is 6.54 Å². The summed E-state index contributed by atoms with van der Waals surface area (Å²) in [5.74, 6) is 1.22. The molecule has 5 rings (SSSR count). The van der Waals surface area contributed by atoms with Crippen LogP contribution >= 0.6 is 0 Å². The monoisotopic (exact) mass is 363 g/mol. The molecule has 3 aromatic rings. The summed E-state index contributed by atoms with van der Waals surface area (Å²) in [5.41, 5.74) is 2.28. The second kappa shape index (κ2) is 6.06. The summed E-state index contributed by atoms with van der Waals surface area (Å²) in [6.45, 7) is 3.26. The summed E-state index contributed by atoms with van der Waals surface area (Å²) >= 11 is 0. The summed E-state index contributed by atoms with van der Waals surface area (Å²) in [4.78, 5) is 4.02. The van der Waals surface area contributed by atoms with Crippen LogP contribution in [0.4, 0.5) is 0 Å². The lowest BCUT2D eigenvalue weighted by Gasteiger charge is -2.27. The summed E-state index contributed by atoms with van der Waals surface area (Å²) in [5, 5.41) is 22.4. The van der Waals surface area contributed by atoms with E-state index in [1.54, 1.807) is 18.6 Å². The van der Waals surface area contributed by atoms with Crippen molar-refractivity contribution in [3.05, 3.63) is 49.1 Å². The first-order chi connectivity index (χ1) is 13.1. The average molecular weight is 363 g/mol. The van der Waals surface area contributed by atoms with E-state index in [0.29, 0.717) is 23.1 Å². The molecule has 0 radical (unpaired) electrons. The molecule has 7 heteroatoms. The van der Waals surface area contributed by atoms with Crippen LogP contribution in [0, 0.1) is 5.92 Å². The second-order valence-electron chi connectivity index (χ2n) is 7.69. The maximum Gasteiger partial charge on any atom is 0.233 e. The number of nitrogens with one attached hydrogen (secondary N) is 1. The lowest BCUT2D eigenvalue weighted by Crippen LogP contribution is -2.43. The molecule has 1 aromatic carbocycles. The molecule has 27 heavy (non-hydrogen) atoms. The van der Waals surface area contributed by atoms with E-state index >= 15 is 0 Å². The van der Waals surface area contributed by atoms with Gasteiger partial charge in [0.05, 0.1) is 17.7 Å². The fraction of sp³-hybridized carbons (Fsp3) is 0.350. The largest absolute Gasteiger partial charge is 0.507 e. The van der Waals surface area contributed by atoms with Crippen LogP contribution in [0.5, 0.6) is 11.6 Å². The number of hydrogen-bond acceptors (Lipinski definition) is 6. The first-order valence-electron chi connectivity index (χ1n) is 9.17. The van der Waals surface area contributed by atoms with Gasteiger partial charge in [-0.1, -0.05) is 0 Å². The van der Waals surface area contributed by atoms with Gasteiger partial charge in [0, 0.05) is 54.5 Å². The molecular weight excluding hydrogens is 342 g/mol. The van der Waals surface area contributed by atoms with E-state index in [4.69, 9.17) is 4.74 Å². The second-order valence-corrected chi connectivity index (χ2v) is 7.69. The van der Waals surface area contributed by atoms with Crippen LogP contribution in [0.15, 0.2) is 49.1 Å². The molecule has 2 fully saturated rings. The molecule has 1 saturated heterocycles. The predicted molar refractivity (Wildman–Crippen MR) is 99.8 cm³/mol. The van der Waals surface area contributed by atoms with Gasteiger partial charge in [-0.15, -0.1) is 10.2 Å². The van der Waals surface area contributed by atoms with Crippen molar-refractivity contribution >= 4 is 0 Å². The zero-order chi connectivity index (χ0) is 18.4. The van der Waals surface area contributed by atoms with Crippen LogP contribution in [0.3, 0.4) is 0 Å². The Balaban J connectivity index is 1.33. The van der Waals surface area contributed by atoms with Gasteiger partial charge >= 0.3 is 0 Å². The number of phenols is 1. The number of piperidine rings is 1. The molecule has 1 unspecified atom stereocenters. The Hall–Kier alpha value is -2.93. The Morgan fingerprint density at radius 1 is 1.22 bits per heavy atom. The zero-order valence-corrected chi connectivity index (χ0v) is 15.0. The number of fused-ring (bicyclic) bond motifs is 2. The molecule has 3 heterocycles. The number of aromatic hydroxyl groups is 1. The van der Waals surface area contributed by atoms with E-state index in [-0.39, 0.29) is 17.4 Å². The van der Waals surface area contributed by atoms with Gasteiger partial charge in [0.2, 0.25) is 5.88 Å². The highest BCUT2D eigenvalue weighted by Crippen LogP contribution is 2.41. The number of benzene rings is 1. The van der Waals surface area contributed by atoms with Gasteiger partial charge in [0.1, 0.15) is 11.9 Å². The first kappa shape index (κ1) is 16.3. The van der Waals surface area contributed by atoms with Crippen molar-refractivity contribution in [2.24, 2.45) is 5.92 Å².